The van der Waals surface area contributed by atoms with Crippen molar-refractivity contribution < 1.29 is 4.79 Å². The fourth-order valence-corrected chi connectivity index (χ4v) is 3.14. The van der Waals surface area contributed by atoms with Gasteiger partial charge in [0.25, 0.3) is 5.91 Å². The van der Waals surface area contributed by atoms with Crippen LogP contribution < -0.4 is 5.32 Å². The van der Waals surface area contributed by atoms with Gasteiger partial charge in [0.15, 0.2) is 0 Å². The largest absolute Gasteiger partial charge is 0.345 e. The molecular weight excluding hydrogens is 350 g/mol. The molecule has 112 valence electrons. The van der Waals surface area contributed by atoms with E-state index in [0.29, 0.717) is 11.4 Å². The van der Waals surface area contributed by atoms with Crippen molar-refractivity contribution in [2.24, 2.45) is 0 Å². The topological polar surface area (TPSA) is 29.1 Å². The van der Waals surface area contributed by atoms with E-state index >= 15 is 0 Å². The molecule has 2 aromatic rings. The molecule has 0 saturated heterocycles. The van der Waals surface area contributed by atoms with Gasteiger partial charge >= 0.3 is 0 Å². The van der Waals surface area contributed by atoms with E-state index < -0.39 is 0 Å². The van der Waals surface area contributed by atoms with Gasteiger partial charge in [-0.15, -0.1) is 11.6 Å². The molecule has 0 saturated carbocycles. The smallest absolute Gasteiger partial charge is 0.251 e. The van der Waals surface area contributed by atoms with E-state index in [1.165, 1.54) is 0 Å². The average molecular weight is 369 g/mol. The lowest BCUT2D eigenvalue weighted by atomic mass is 9.94. The highest BCUT2D eigenvalue weighted by Crippen LogP contribution is 2.22. The molecule has 0 spiro atoms. The SMILES string of the molecule is CCC(CC)(CCl)NC(=O)c1ccc2cc(Br)ccc2c1. The zero-order chi connectivity index (χ0) is 15.5. The number of amides is 1. The lowest BCUT2D eigenvalue weighted by Crippen LogP contribution is -2.49. The number of hydrogen-bond acceptors (Lipinski definition) is 1. The lowest BCUT2D eigenvalue weighted by Gasteiger charge is -2.30. The predicted molar refractivity (Wildman–Crippen MR) is 93.1 cm³/mol. The molecule has 0 atom stereocenters. The van der Waals surface area contributed by atoms with Crippen molar-refractivity contribution in [1.82, 2.24) is 5.32 Å². The Bertz CT molecular complexity index is 644. The Labute approximate surface area is 139 Å². The second-order valence-electron chi connectivity index (χ2n) is 5.28. The summed E-state index contributed by atoms with van der Waals surface area (Å²) in [6.07, 6.45) is 1.64. The molecule has 0 unspecified atom stereocenters. The molecule has 0 fully saturated rings. The van der Waals surface area contributed by atoms with Crippen LogP contribution in [0.2, 0.25) is 0 Å². The summed E-state index contributed by atoms with van der Waals surface area (Å²) in [7, 11) is 0. The molecule has 0 aliphatic carbocycles. The molecule has 1 amide bonds. The highest BCUT2D eigenvalue weighted by Gasteiger charge is 2.27. The molecule has 4 heteroatoms. The summed E-state index contributed by atoms with van der Waals surface area (Å²) in [6.45, 7) is 4.09. The van der Waals surface area contributed by atoms with Gasteiger partial charge < -0.3 is 5.32 Å². The quantitative estimate of drug-likeness (QED) is 0.728. The molecule has 2 nitrogen and oxygen atoms in total. The maximum absolute atomic E-state index is 12.5. The van der Waals surface area contributed by atoms with Crippen molar-refractivity contribution in [2.75, 3.05) is 5.88 Å². The molecule has 21 heavy (non-hydrogen) atoms. The highest BCUT2D eigenvalue weighted by molar-refractivity contribution is 9.10. The van der Waals surface area contributed by atoms with Crippen molar-refractivity contribution in [1.29, 1.82) is 0 Å². The molecule has 0 radical (unpaired) electrons. The average Bonchev–Trinajstić information content (AvgIpc) is 2.52. The summed E-state index contributed by atoms with van der Waals surface area (Å²) in [5, 5.41) is 5.25. The molecule has 0 heterocycles. The number of hydrogen-bond donors (Lipinski definition) is 1. The summed E-state index contributed by atoms with van der Waals surface area (Å²) in [4.78, 5) is 12.5. The number of carbonyl (C=O) groups excluding carboxylic acids is 1. The Kier molecular flexibility index (Phi) is 5.28. The number of alkyl halides is 1. The number of nitrogens with one attached hydrogen (secondary N) is 1. The Morgan fingerprint density at radius 2 is 1.76 bits per heavy atom. The van der Waals surface area contributed by atoms with Gasteiger partial charge in [-0.2, -0.15) is 0 Å². The maximum atomic E-state index is 12.5. The van der Waals surface area contributed by atoms with Gasteiger partial charge in [0.2, 0.25) is 0 Å². The summed E-state index contributed by atoms with van der Waals surface area (Å²) >= 11 is 9.50. The minimum Gasteiger partial charge on any atom is -0.345 e. The summed E-state index contributed by atoms with van der Waals surface area (Å²) in [5.74, 6) is 0.357. The van der Waals surface area contributed by atoms with Crippen LogP contribution in [0.3, 0.4) is 0 Å². The fraction of sp³-hybridized carbons (Fsp3) is 0.353. The monoisotopic (exact) mass is 367 g/mol. The zero-order valence-corrected chi connectivity index (χ0v) is 14.6. The van der Waals surface area contributed by atoms with E-state index in [-0.39, 0.29) is 11.4 Å². The first-order chi connectivity index (χ1) is 10.0. The highest BCUT2D eigenvalue weighted by atomic mass is 79.9. The van der Waals surface area contributed by atoms with Gasteiger partial charge in [-0.05, 0) is 47.9 Å². The van der Waals surface area contributed by atoms with Crippen LogP contribution in [0, 0.1) is 0 Å². The zero-order valence-electron chi connectivity index (χ0n) is 12.2. The summed E-state index contributed by atoms with van der Waals surface area (Å²) in [5.41, 5.74) is 0.342. The first-order valence-electron chi connectivity index (χ1n) is 7.11. The Balaban J connectivity index is 2.29. The van der Waals surface area contributed by atoms with E-state index in [2.05, 4.69) is 21.2 Å². The Hall–Kier alpha value is -1.06. The van der Waals surface area contributed by atoms with Crippen LogP contribution in [0.4, 0.5) is 0 Å². The normalized spacial score (nSPS) is 11.6. The fourth-order valence-electron chi connectivity index (χ4n) is 2.32. The van der Waals surface area contributed by atoms with Gasteiger partial charge in [-0.1, -0.05) is 41.9 Å². The van der Waals surface area contributed by atoms with Crippen molar-refractivity contribution in [3.8, 4) is 0 Å². The molecule has 0 aliphatic heterocycles. The first kappa shape index (κ1) is 16.3. The van der Waals surface area contributed by atoms with Crippen molar-refractivity contribution in [3.63, 3.8) is 0 Å². The van der Waals surface area contributed by atoms with E-state index in [1.807, 2.05) is 50.2 Å². The molecule has 0 bridgehead atoms. The molecule has 2 rings (SSSR count). The van der Waals surface area contributed by atoms with Gasteiger partial charge in [-0.25, -0.2) is 0 Å². The number of fused-ring (bicyclic) bond motifs is 1. The second-order valence-corrected chi connectivity index (χ2v) is 6.46. The van der Waals surface area contributed by atoms with Crippen LogP contribution in [0.15, 0.2) is 40.9 Å². The van der Waals surface area contributed by atoms with Gasteiger partial charge in [0.1, 0.15) is 0 Å². The number of carbonyl (C=O) groups is 1. The Morgan fingerprint density at radius 3 is 2.38 bits per heavy atom. The number of rotatable bonds is 5. The van der Waals surface area contributed by atoms with Crippen LogP contribution in [0.25, 0.3) is 10.8 Å². The van der Waals surface area contributed by atoms with Gasteiger partial charge in [0.05, 0.1) is 5.54 Å². The van der Waals surface area contributed by atoms with E-state index in [0.717, 1.165) is 28.1 Å². The van der Waals surface area contributed by atoms with Crippen LogP contribution in [-0.2, 0) is 0 Å². The van der Waals surface area contributed by atoms with Gasteiger partial charge in [-0.3, -0.25) is 4.79 Å². The minimum atomic E-state index is -0.326. The van der Waals surface area contributed by atoms with E-state index in [4.69, 9.17) is 11.6 Å². The molecule has 1 N–H and O–H groups in total. The second kappa shape index (κ2) is 6.80. The lowest BCUT2D eigenvalue weighted by molar-refractivity contribution is 0.0902. The van der Waals surface area contributed by atoms with E-state index in [1.54, 1.807) is 0 Å². The third kappa shape index (κ3) is 3.58. The summed E-state index contributed by atoms with van der Waals surface area (Å²) in [6, 6.07) is 11.8. The standard InChI is InChI=1S/C17H19BrClNO/c1-3-17(4-2,11-19)20-16(21)14-6-5-13-10-15(18)8-7-12(13)9-14/h5-10H,3-4,11H2,1-2H3,(H,20,21). The van der Waals surface area contributed by atoms with Crippen LogP contribution in [0.5, 0.6) is 0 Å². The molecular formula is C17H19BrClNO. The number of benzene rings is 2. The predicted octanol–water partition coefficient (Wildman–Crippen LogP) is 5.13. The summed E-state index contributed by atoms with van der Waals surface area (Å²) < 4.78 is 1.03. The van der Waals surface area contributed by atoms with Crippen LogP contribution in [0.1, 0.15) is 37.0 Å². The first-order valence-corrected chi connectivity index (χ1v) is 8.44. The minimum absolute atomic E-state index is 0.0656. The number of halogens is 2. The molecule has 2 aromatic carbocycles. The van der Waals surface area contributed by atoms with E-state index in [9.17, 15) is 4.79 Å². The third-order valence-corrected chi connectivity index (χ3v) is 5.06. The maximum Gasteiger partial charge on any atom is 0.251 e. The van der Waals surface area contributed by atoms with Crippen molar-refractivity contribution >= 4 is 44.2 Å². The third-order valence-electron chi connectivity index (χ3n) is 4.05. The molecule has 0 aromatic heterocycles. The van der Waals surface area contributed by atoms with Crippen molar-refractivity contribution in [3.05, 3.63) is 46.4 Å². The van der Waals surface area contributed by atoms with Crippen molar-refractivity contribution in [2.45, 2.75) is 32.2 Å². The van der Waals surface area contributed by atoms with Crippen LogP contribution >= 0.6 is 27.5 Å². The van der Waals surface area contributed by atoms with Gasteiger partial charge in [0, 0.05) is 15.9 Å². The Morgan fingerprint density at radius 1 is 1.14 bits per heavy atom. The molecule has 0 aliphatic rings. The van der Waals surface area contributed by atoms with Crippen LogP contribution in [-0.4, -0.2) is 17.3 Å².